The molecule has 2 aromatic rings. The Labute approximate surface area is 129 Å². The maximum Gasteiger partial charge on any atom is 0.573 e. The Morgan fingerprint density at radius 3 is 2.22 bits per heavy atom. The van der Waals surface area contributed by atoms with Crippen LogP contribution in [0, 0.1) is 5.82 Å². The van der Waals surface area contributed by atoms with Crippen molar-refractivity contribution in [1.82, 2.24) is 0 Å². The van der Waals surface area contributed by atoms with Crippen molar-refractivity contribution in [3.05, 3.63) is 59.9 Å². The molecule has 0 heterocycles. The molecule has 0 aliphatic heterocycles. The third-order valence-electron chi connectivity index (χ3n) is 2.71. The van der Waals surface area contributed by atoms with E-state index in [1.807, 2.05) is 0 Å². The normalized spacial score (nSPS) is 12.1. The second kappa shape index (κ2) is 6.99. The Hall–Kier alpha value is -2.77. The fourth-order valence-corrected chi connectivity index (χ4v) is 1.69. The SMILES string of the molecule is NC(=NCc1ccc(F)cc1)Nc1ccc(OC(F)(F)F)cc1. The first-order valence-corrected chi connectivity index (χ1v) is 6.49. The molecular formula is C15H13F4N3O. The standard InChI is InChI=1S/C15H13F4N3O/c16-11-3-1-10(2-4-11)9-21-14(20)22-12-5-7-13(8-6-12)23-15(17,18)19/h1-8H,9H2,(H3,20,21,22). The Bertz CT molecular complexity index is 667. The lowest BCUT2D eigenvalue weighted by atomic mass is 10.2. The van der Waals surface area contributed by atoms with E-state index in [4.69, 9.17) is 5.73 Å². The number of rotatable bonds is 4. The number of nitrogens with zero attached hydrogens (tertiary/aromatic N) is 1. The number of halogens is 4. The van der Waals surface area contributed by atoms with E-state index in [2.05, 4.69) is 15.0 Å². The molecule has 0 bridgehead atoms. The number of benzene rings is 2. The van der Waals surface area contributed by atoms with Crippen molar-refractivity contribution in [3.8, 4) is 5.75 Å². The molecule has 2 aromatic carbocycles. The van der Waals surface area contributed by atoms with Crippen LogP contribution in [0.15, 0.2) is 53.5 Å². The van der Waals surface area contributed by atoms with Gasteiger partial charge in [0.25, 0.3) is 0 Å². The van der Waals surface area contributed by atoms with Gasteiger partial charge in [0.2, 0.25) is 0 Å². The van der Waals surface area contributed by atoms with Crippen LogP contribution in [0.5, 0.6) is 5.75 Å². The maximum absolute atomic E-state index is 12.8. The van der Waals surface area contributed by atoms with Crippen LogP contribution in [0.4, 0.5) is 23.2 Å². The van der Waals surface area contributed by atoms with E-state index in [1.54, 1.807) is 12.1 Å². The number of hydrogen-bond acceptors (Lipinski definition) is 2. The molecule has 2 rings (SSSR count). The molecule has 0 saturated carbocycles. The van der Waals surface area contributed by atoms with Crippen LogP contribution in [-0.2, 0) is 6.54 Å². The molecule has 0 aromatic heterocycles. The number of aliphatic imine (C=N–C) groups is 1. The highest BCUT2D eigenvalue weighted by Crippen LogP contribution is 2.23. The quantitative estimate of drug-likeness (QED) is 0.512. The Kier molecular flexibility index (Phi) is 5.05. The molecule has 122 valence electrons. The molecule has 0 aliphatic carbocycles. The summed E-state index contributed by atoms with van der Waals surface area (Å²) in [6.07, 6.45) is -4.73. The van der Waals surface area contributed by atoms with Crippen LogP contribution < -0.4 is 15.8 Å². The third kappa shape index (κ3) is 5.85. The summed E-state index contributed by atoms with van der Waals surface area (Å²) in [5.41, 5.74) is 6.90. The second-order valence-corrected chi connectivity index (χ2v) is 4.53. The summed E-state index contributed by atoms with van der Waals surface area (Å²) in [7, 11) is 0. The molecular weight excluding hydrogens is 314 g/mol. The number of hydrogen-bond donors (Lipinski definition) is 2. The molecule has 4 nitrogen and oxygen atoms in total. The smallest absolute Gasteiger partial charge is 0.406 e. The van der Waals surface area contributed by atoms with E-state index in [1.165, 1.54) is 24.3 Å². The van der Waals surface area contributed by atoms with E-state index in [-0.39, 0.29) is 24.1 Å². The van der Waals surface area contributed by atoms with E-state index in [9.17, 15) is 17.6 Å². The van der Waals surface area contributed by atoms with Crippen molar-refractivity contribution < 1.29 is 22.3 Å². The highest BCUT2D eigenvalue weighted by Gasteiger charge is 2.30. The summed E-state index contributed by atoms with van der Waals surface area (Å²) in [5, 5.41) is 2.73. The van der Waals surface area contributed by atoms with Gasteiger partial charge in [-0.05, 0) is 42.0 Å². The van der Waals surface area contributed by atoms with Gasteiger partial charge in [-0.25, -0.2) is 9.38 Å². The number of guanidine groups is 1. The van der Waals surface area contributed by atoms with Gasteiger partial charge in [0, 0.05) is 5.69 Å². The van der Waals surface area contributed by atoms with Gasteiger partial charge in [-0.2, -0.15) is 0 Å². The first kappa shape index (κ1) is 16.6. The van der Waals surface area contributed by atoms with Crippen LogP contribution in [-0.4, -0.2) is 12.3 Å². The molecule has 0 amide bonds. The molecule has 0 spiro atoms. The van der Waals surface area contributed by atoms with Crippen LogP contribution >= 0.6 is 0 Å². The highest BCUT2D eigenvalue weighted by atomic mass is 19.4. The monoisotopic (exact) mass is 327 g/mol. The molecule has 23 heavy (non-hydrogen) atoms. The molecule has 0 saturated heterocycles. The van der Waals surface area contributed by atoms with E-state index in [0.29, 0.717) is 5.69 Å². The van der Waals surface area contributed by atoms with Crippen molar-refractivity contribution in [1.29, 1.82) is 0 Å². The molecule has 8 heteroatoms. The minimum Gasteiger partial charge on any atom is -0.406 e. The fraction of sp³-hybridized carbons (Fsp3) is 0.133. The fourth-order valence-electron chi connectivity index (χ4n) is 1.69. The number of alkyl halides is 3. The number of nitrogens with one attached hydrogen (secondary N) is 1. The van der Waals surface area contributed by atoms with E-state index in [0.717, 1.165) is 17.7 Å². The molecule has 0 fully saturated rings. The minimum absolute atomic E-state index is 0.0822. The highest BCUT2D eigenvalue weighted by molar-refractivity contribution is 5.92. The summed E-state index contributed by atoms with van der Waals surface area (Å²) in [5.74, 6) is -0.589. The van der Waals surface area contributed by atoms with Crippen molar-refractivity contribution >= 4 is 11.6 Å². The predicted molar refractivity (Wildman–Crippen MR) is 78.5 cm³/mol. The zero-order valence-electron chi connectivity index (χ0n) is 11.8. The van der Waals surface area contributed by atoms with Gasteiger partial charge in [0.1, 0.15) is 11.6 Å². The Morgan fingerprint density at radius 1 is 1.04 bits per heavy atom. The summed E-state index contributed by atoms with van der Waals surface area (Å²) < 4.78 is 52.6. The lowest BCUT2D eigenvalue weighted by Gasteiger charge is -2.10. The van der Waals surface area contributed by atoms with Crippen molar-refractivity contribution in [2.75, 3.05) is 5.32 Å². The summed E-state index contributed by atoms with van der Waals surface area (Å²) in [6.45, 7) is 0.244. The van der Waals surface area contributed by atoms with Crippen LogP contribution in [0.3, 0.4) is 0 Å². The van der Waals surface area contributed by atoms with Crippen molar-refractivity contribution in [3.63, 3.8) is 0 Å². The van der Waals surface area contributed by atoms with E-state index < -0.39 is 6.36 Å². The first-order valence-electron chi connectivity index (χ1n) is 6.49. The van der Waals surface area contributed by atoms with Gasteiger partial charge in [-0.1, -0.05) is 12.1 Å². The molecule has 0 unspecified atom stereocenters. The Morgan fingerprint density at radius 2 is 1.65 bits per heavy atom. The van der Waals surface area contributed by atoms with Crippen molar-refractivity contribution in [2.24, 2.45) is 10.7 Å². The molecule has 0 radical (unpaired) electrons. The molecule has 3 N–H and O–H groups in total. The Balaban J connectivity index is 1.92. The van der Waals surface area contributed by atoms with Gasteiger partial charge < -0.3 is 15.8 Å². The van der Waals surface area contributed by atoms with Crippen molar-refractivity contribution in [2.45, 2.75) is 12.9 Å². The van der Waals surface area contributed by atoms with Gasteiger partial charge in [-0.15, -0.1) is 13.2 Å². The van der Waals surface area contributed by atoms with Crippen LogP contribution in [0.2, 0.25) is 0 Å². The lowest BCUT2D eigenvalue weighted by Crippen LogP contribution is -2.22. The summed E-state index contributed by atoms with van der Waals surface area (Å²) in [6, 6.07) is 10.8. The second-order valence-electron chi connectivity index (χ2n) is 4.53. The molecule has 0 aliphatic rings. The lowest BCUT2D eigenvalue weighted by molar-refractivity contribution is -0.274. The topological polar surface area (TPSA) is 59.6 Å². The zero-order chi connectivity index (χ0) is 16.9. The van der Waals surface area contributed by atoms with Crippen LogP contribution in [0.25, 0.3) is 0 Å². The van der Waals surface area contributed by atoms with E-state index >= 15 is 0 Å². The minimum atomic E-state index is -4.73. The predicted octanol–water partition coefficient (Wildman–Crippen LogP) is 3.65. The third-order valence-corrected chi connectivity index (χ3v) is 2.71. The summed E-state index contributed by atoms with van der Waals surface area (Å²) >= 11 is 0. The molecule has 0 atom stereocenters. The average molecular weight is 327 g/mol. The largest absolute Gasteiger partial charge is 0.573 e. The van der Waals surface area contributed by atoms with Gasteiger partial charge >= 0.3 is 6.36 Å². The number of anilines is 1. The average Bonchev–Trinajstić information content (AvgIpc) is 2.47. The number of ether oxygens (including phenoxy) is 1. The van der Waals surface area contributed by atoms with Gasteiger partial charge in [-0.3, -0.25) is 0 Å². The zero-order valence-corrected chi connectivity index (χ0v) is 11.8. The summed E-state index contributed by atoms with van der Waals surface area (Å²) in [4.78, 5) is 4.05. The number of nitrogens with two attached hydrogens (primary N) is 1. The van der Waals surface area contributed by atoms with Gasteiger partial charge in [0.15, 0.2) is 5.96 Å². The van der Waals surface area contributed by atoms with Gasteiger partial charge in [0.05, 0.1) is 6.54 Å². The van der Waals surface area contributed by atoms with Crippen LogP contribution in [0.1, 0.15) is 5.56 Å². The maximum atomic E-state index is 12.8. The first-order chi connectivity index (χ1) is 10.8.